The Morgan fingerprint density at radius 1 is 1.50 bits per heavy atom. The summed E-state index contributed by atoms with van der Waals surface area (Å²) >= 11 is 0. The van der Waals surface area contributed by atoms with Crippen LogP contribution < -0.4 is 10.5 Å². The van der Waals surface area contributed by atoms with Crippen LogP contribution in [0.3, 0.4) is 0 Å². The molecule has 0 aromatic heterocycles. The zero-order valence-electron chi connectivity index (χ0n) is 10.2. The monoisotopic (exact) mass is 250 g/mol. The molecule has 5 heteroatoms. The molecule has 0 aliphatic carbocycles. The first-order valence-corrected chi connectivity index (χ1v) is 6.06. The van der Waals surface area contributed by atoms with Crippen LogP contribution in [0.25, 0.3) is 0 Å². The number of carbonyl (C=O) groups excluding carboxylic acids is 1. The molecule has 0 radical (unpaired) electrons. The molecular weight excluding hydrogens is 232 g/mol. The standard InChI is InChI=1S/C13H18N2O3/c14-11-2-1-3-12(6-11)18-5-4-13(17)15-7-10(8-15)9-16/h1-3,6,10,16H,4-5,7-9,14H2. The number of rotatable bonds is 5. The molecule has 5 nitrogen and oxygen atoms in total. The quantitative estimate of drug-likeness (QED) is 0.746. The van der Waals surface area contributed by atoms with Crippen molar-refractivity contribution in [3.05, 3.63) is 24.3 Å². The van der Waals surface area contributed by atoms with Gasteiger partial charge in [-0.3, -0.25) is 4.79 Å². The molecule has 3 N–H and O–H groups in total. The number of ether oxygens (including phenoxy) is 1. The first-order valence-electron chi connectivity index (χ1n) is 6.06. The van der Waals surface area contributed by atoms with E-state index < -0.39 is 0 Å². The highest BCUT2D eigenvalue weighted by Gasteiger charge is 2.29. The summed E-state index contributed by atoms with van der Waals surface area (Å²) in [6, 6.07) is 7.14. The van der Waals surface area contributed by atoms with Gasteiger partial charge in [0, 0.05) is 37.4 Å². The molecule has 0 unspecified atom stereocenters. The summed E-state index contributed by atoms with van der Waals surface area (Å²) in [6.45, 7) is 1.83. The zero-order valence-corrected chi connectivity index (χ0v) is 10.2. The Morgan fingerprint density at radius 2 is 2.28 bits per heavy atom. The van der Waals surface area contributed by atoms with Crippen molar-refractivity contribution in [3.8, 4) is 5.75 Å². The van der Waals surface area contributed by atoms with Crippen LogP contribution in [-0.4, -0.2) is 42.2 Å². The van der Waals surface area contributed by atoms with Crippen molar-refractivity contribution in [1.82, 2.24) is 4.90 Å². The first-order chi connectivity index (χ1) is 8.69. The summed E-state index contributed by atoms with van der Waals surface area (Å²) in [4.78, 5) is 13.4. The maximum atomic E-state index is 11.7. The van der Waals surface area contributed by atoms with Gasteiger partial charge >= 0.3 is 0 Å². The van der Waals surface area contributed by atoms with E-state index >= 15 is 0 Å². The summed E-state index contributed by atoms with van der Waals surface area (Å²) < 4.78 is 5.45. The Hall–Kier alpha value is -1.75. The van der Waals surface area contributed by atoms with E-state index in [0.29, 0.717) is 37.6 Å². The van der Waals surface area contributed by atoms with Crippen LogP contribution in [-0.2, 0) is 4.79 Å². The number of aliphatic hydroxyl groups is 1. The summed E-state index contributed by atoms with van der Waals surface area (Å²) in [7, 11) is 0. The molecule has 1 aromatic carbocycles. The minimum atomic E-state index is 0.0728. The number of nitrogens with zero attached hydrogens (tertiary/aromatic N) is 1. The molecule has 1 aliphatic rings. The summed E-state index contributed by atoms with van der Waals surface area (Å²) in [5.74, 6) is 1.01. The van der Waals surface area contributed by atoms with Gasteiger partial charge in [-0.2, -0.15) is 0 Å². The predicted octanol–water partition coefficient (Wildman–Crippen LogP) is 0.488. The Balaban J connectivity index is 1.68. The fourth-order valence-corrected chi connectivity index (χ4v) is 1.91. The molecule has 1 heterocycles. The Labute approximate surface area is 106 Å². The Bertz CT molecular complexity index is 416. The molecule has 98 valence electrons. The SMILES string of the molecule is Nc1cccc(OCCC(=O)N2CC(CO)C2)c1. The maximum Gasteiger partial charge on any atom is 0.226 e. The van der Waals surface area contributed by atoms with Crippen LogP contribution >= 0.6 is 0 Å². The van der Waals surface area contributed by atoms with Crippen molar-refractivity contribution in [2.24, 2.45) is 5.92 Å². The lowest BCUT2D eigenvalue weighted by Crippen LogP contribution is -2.51. The lowest BCUT2D eigenvalue weighted by Gasteiger charge is -2.38. The van der Waals surface area contributed by atoms with E-state index in [1.165, 1.54) is 0 Å². The van der Waals surface area contributed by atoms with E-state index in [4.69, 9.17) is 15.6 Å². The van der Waals surface area contributed by atoms with E-state index in [2.05, 4.69) is 0 Å². The van der Waals surface area contributed by atoms with Gasteiger partial charge in [0.15, 0.2) is 0 Å². The normalized spacial score (nSPS) is 15.3. The first kappa shape index (κ1) is 12.7. The van der Waals surface area contributed by atoms with E-state index in [-0.39, 0.29) is 18.4 Å². The third-order valence-electron chi connectivity index (χ3n) is 3.01. The summed E-state index contributed by atoms with van der Waals surface area (Å²) in [5, 5.41) is 8.86. The molecule has 1 amide bonds. The molecule has 2 rings (SSSR count). The molecule has 0 bridgehead atoms. The second-order valence-corrected chi connectivity index (χ2v) is 4.52. The lowest BCUT2D eigenvalue weighted by molar-refractivity contribution is -0.138. The Morgan fingerprint density at radius 3 is 2.94 bits per heavy atom. The molecule has 1 aromatic rings. The number of nitrogens with two attached hydrogens (primary N) is 1. The molecule has 1 aliphatic heterocycles. The van der Waals surface area contributed by atoms with Crippen LogP contribution in [0.4, 0.5) is 5.69 Å². The van der Waals surface area contributed by atoms with Crippen LogP contribution in [0.5, 0.6) is 5.75 Å². The number of amides is 1. The van der Waals surface area contributed by atoms with Crippen molar-refractivity contribution < 1.29 is 14.6 Å². The zero-order chi connectivity index (χ0) is 13.0. The van der Waals surface area contributed by atoms with Gasteiger partial charge in [-0.25, -0.2) is 0 Å². The van der Waals surface area contributed by atoms with Crippen LogP contribution in [0.15, 0.2) is 24.3 Å². The van der Waals surface area contributed by atoms with Crippen molar-refractivity contribution in [3.63, 3.8) is 0 Å². The lowest BCUT2D eigenvalue weighted by atomic mass is 10.0. The average Bonchev–Trinajstić information content (AvgIpc) is 2.27. The van der Waals surface area contributed by atoms with E-state index in [1.807, 2.05) is 12.1 Å². The highest BCUT2D eigenvalue weighted by Crippen LogP contribution is 2.17. The second-order valence-electron chi connectivity index (χ2n) is 4.52. The third-order valence-corrected chi connectivity index (χ3v) is 3.01. The van der Waals surface area contributed by atoms with Crippen molar-refractivity contribution in [2.75, 3.05) is 32.0 Å². The van der Waals surface area contributed by atoms with E-state index in [0.717, 1.165) is 0 Å². The van der Waals surface area contributed by atoms with Gasteiger partial charge in [0.1, 0.15) is 5.75 Å². The number of hydrogen-bond acceptors (Lipinski definition) is 4. The predicted molar refractivity (Wildman–Crippen MR) is 68.1 cm³/mol. The number of nitrogen functional groups attached to an aromatic ring is 1. The summed E-state index contributed by atoms with van der Waals surface area (Å²) in [5.41, 5.74) is 6.27. The molecule has 1 saturated heterocycles. The minimum absolute atomic E-state index is 0.0728. The molecule has 18 heavy (non-hydrogen) atoms. The van der Waals surface area contributed by atoms with Gasteiger partial charge in [0.2, 0.25) is 5.91 Å². The maximum absolute atomic E-state index is 11.7. The van der Waals surface area contributed by atoms with Gasteiger partial charge in [0.25, 0.3) is 0 Å². The fourth-order valence-electron chi connectivity index (χ4n) is 1.91. The highest BCUT2D eigenvalue weighted by atomic mass is 16.5. The van der Waals surface area contributed by atoms with Crippen molar-refractivity contribution in [1.29, 1.82) is 0 Å². The largest absolute Gasteiger partial charge is 0.493 e. The smallest absolute Gasteiger partial charge is 0.226 e. The minimum Gasteiger partial charge on any atom is -0.493 e. The summed E-state index contributed by atoms with van der Waals surface area (Å²) in [6.07, 6.45) is 0.354. The van der Waals surface area contributed by atoms with E-state index in [9.17, 15) is 4.79 Å². The number of likely N-dealkylation sites (tertiary alicyclic amines) is 1. The molecule has 0 saturated carbocycles. The van der Waals surface area contributed by atoms with Crippen LogP contribution in [0.1, 0.15) is 6.42 Å². The van der Waals surface area contributed by atoms with Crippen molar-refractivity contribution >= 4 is 11.6 Å². The third kappa shape index (κ3) is 3.13. The number of hydrogen-bond donors (Lipinski definition) is 2. The molecular formula is C13H18N2O3. The number of benzene rings is 1. The average molecular weight is 250 g/mol. The molecule has 0 atom stereocenters. The fraction of sp³-hybridized carbons (Fsp3) is 0.462. The van der Waals surface area contributed by atoms with Gasteiger partial charge in [0.05, 0.1) is 13.0 Å². The van der Waals surface area contributed by atoms with Gasteiger partial charge in [-0.1, -0.05) is 6.07 Å². The molecule has 0 spiro atoms. The van der Waals surface area contributed by atoms with Crippen LogP contribution in [0.2, 0.25) is 0 Å². The van der Waals surface area contributed by atoms with Gasteiger partial charge in [-0.15, -0.1) is 0 Å². The molecule has 1 fully saturated rings. The number of carbonyl (C=O) groups is 1. The topological polar surface area (TPSA) is 75.8 Å². The van der Waals surface area contributed by atoms with Gasteiger partial charge < -0.3 is 20.5 Å². The number of anilines is 1. The Kier molecular flexibility index (Phi) is 4.04. The van der Waals surface area contributed by atoms with Crippen LogP contribution in [0, 0.1) is 5.92 Å². The number of aliphatic hydroxyl groups excluding tert-OH is 1. The highest BCUT2D eigenvalue weighted by molar-refractivity contribution is 5.77. The van der Waals surface area contributed by atoms with Gasteiger partial charge in [-0.05, 0) is 12.1 Å². The van der Waals surface area contributed by atoms with E-state index in [1.54, 1.807) is 17.0 Å². The van der Waals surface area contributed by atoms with Crippen molar-refractivity contribution in [2.45, 2.75) is 6.42 Å². The second kappa shape index (κ2) is 5.73.